The zero-order chi connectivity index (χ0) is 15.9. The molecule has 0 saturated carbocycles. The van der Waals surface area contributed by atoms with Crippen molar-refractivity contribution in [2.45, 2.75) is 96.2 Å². The molecule has 0 aromatic heterocycles. The first-order chi connectivity index (χ1) is 10.1. The van der Waals surface area contributed by atoms with Crippen LogP contribution in [0, 0.1) is 0 Å². The van der Waals surface area contributed by atoms with Crippen molar-refractivity contribution in [3.63, 3.8) is 0 Å². The Morgan fingerprint density at radius 3 is 1.71 bits per heavy atom. The number of carbonyl (C=O) groups excluding carboxylic acids is 1. The molecule has 0 aromatic carbocycles. The van der Waals surface area contributed by atoms with Crippen LogP contribution in [0.1, 0.15) is 84.0 Å². The van der Waals surface area contributed by atoms with E-state index in [-0.39, 0.29) is 0 Å². The van der Waals surface area contributed by atoms with Gasteiger partial charge in [-0.05, 0) is 6.42 Å². The van der Waals surface area contributed by atoms with Gasteiger partial charge in [-0.1, -0.05) is 77.6 Å². The third kappa shape index (κ3) is 11.7. The predicted octanol–water partition coefficient (Wildman–Crippen LogP) is 3.58. The van der Waals surface area contributed by atoms with Crippen LogP contribution < -0.4 is 0 Å². The molecule has 0 fully saturated rings. The lowest BCUT2D eigenvalue weighted by Crippen LogP contribution is -2.34. The molecule has 0 aliphatic heterocycles. The van der Waals surface area contributed by atoms with E-state index < -0.39 is 18.2 Å². The van der Waals surface area contributed by atoms with Gasteiger partial charge in [0.1, 0.15) is 0 Å². The Labute approximate surface area is 129 Å². The van der Waals surface area contributed by atoms with E-state index in [0.717, 1.165) is 19.3 Å². The first-order valence-corrected chi connectivity index (χ1v) is 8.57. The van der Waals surface area contributed by atoms with E-state index in [1.807, 2.05) is 0 Å². The number of rotatable bonds is 14. The number of esters is 1. The van der Waals surface area contributed by atoms with Crippen molar-refractivity contribution in [3.8, 4) is 0 Å². The Morgan fingerprint density at radius 2 is 1.29 bits per heavy atom. The van der Waals surface area contributed by atoms with E-state index in [4.69, 9.17) is 0 Å². The number of aliphatic hydroxyl groups is 2. The van der Waals surface area contributed by atoms with Crippen molar-refractivity contribution >= 4 is 5.97 Å². The predicted molar refractivity (Wildman–Crippen MR) is 85.1 cm³/mol. The van der Waals surface area contributed by atoms with Gasteiger partial charge in [0.05, 0.1) is 13.2 Å². The molecule has 0 rings (SSSR count). The molecule has 4 nitrogen and oxygen atoms in total. The largest absolute Gasteiger partial charge is 0.467 e. The molecule has 0 bridgehead atoms. The van der Waals surface area contributed by atoms with Gasteiger partial charge < -0.3 is 14.9 Å². The summed E-state index contributed by atoms with van der Waals surface area (Å²) in [7, 11) is 1.21. The van der Waals surface area contributed by atoms with E-state index in [1.54, 1.807) is 0 Å². The van der Waals surface area contributed by atoms with Gasteiger partial charge >= 0.3 is 5.97 Å². The molecule has 0 aromatic rings. The van der Waals surface area contributed by atoms with Gasteiger partial charge in [-0.3, -0.25) is 0 Å². The lowest BCUT2D eigenvalue weighted by Gasteiger charge is -2.15. The second-order valence-corrected chi connectivity index (χ2v) is 5.86. The standard InChI is InChI=1S/C17H34O4/c1-3-4-5-6-7-8-9-10-11-12-13-14-15(18)16(19)17(20)21-2/h15-16,18-19H,3-14H2,1-2H3/t15-,16+/m1/s1. The lowest BCUT2D eigenvalue weighted by atomic mass is 10.0. The van der Waals surface area contributed by atoms with Crippen molar-refractivity contribution in [2.24, 2.45) is 0 Å². The molecule has 2 N–H and O–H groups in total. The zero-order valence-electron chi connectivity index (χ0n) is 13.9. The minimum Gasteiger partial charge on any atom is -0.467 e. The van der Waals surface area contributed by atoms with Crippen LogP contribution in [0.5, 0.6) is 0 Å². The summed E-state index contributed by atoms with van der Waals surface area (Å²) < 4.78 is 4.39. The van der Waals surface area contributed by atoms with E-state index in [0.29, 0.717) is 6.42 Å². The summed E-state index contributed by atoms with van der Waals surface area (Å²) in [4.78, 5) is 11.0. The van der Waals surface area contributed by atoms with Crippen molar-refractivity contribution < 1.29 is 19.7 Å². The van der Waals surface area contributed by atoms with Crippen molar-refractivity contribution in [2.75, 3.05) is 7.11 Å². The number of hydrogen-bond donors (Lipinski definition) is 2. The van der Waals surface area contributed by atoms with Gasteiger partial charge in [-0.15, -0.1) is 0 Å². The van der Waals surface area contributed by atoms with Crippen LogP contribution in [0.3, 0.4) is 0 Å². The second kappa shape index (κ2) is 14.3. The molecule has 21 heavy (non-hydrogen) atoms. The zero-order valence-corrected chi connectivity index (χ0v) is 13.9. The van der Waals surface area contributed by atoms with Gasteiger partial charge in [0.2, 0.25) is 0 Å². The van der Waals surface area contributed by atoms with Crippen molar-refractivity contribution in [3.05, 3.63) is 0 Å². The quantitative estimate of drug-likeness (QED) is 0.380. The van der Waals surface area contributed by atoms with Crippen LogP contribution in [0.15, 0.2) is 0 Å². The Kier molecular flexibility index (Phi) is 13.9. The topological polar surface area (TPSA) is 66.8 Å². The molecule has 0 radical (unpaired) electrons. The molecule has 0 saturated heterocycles. The summed E-state index contributed by atoms with van der Waals surface area (Å²) in [6.45, 7) is 2.24. The average molecular weight is 302 g/mol. The molecule has 0 aliphatic rings. The number of carbonyl (C=O) groups is 1. The maximum atomic E-state index is 11.0. The van der Waals surface area contributed by atoms with Crippen LogP contribution in [-0.2, 0) is 9.53 Å². The highest BCUT2D eigenvalue weighted by molar-refractivity contribution is 5.74. The third-order valence-electron chi connectivity index (χ3n) is 3.91. The van der Waals surface area contributed by atoms with Crippen LogP contribution in [0.25, 0.3) is 0 Å². The first-order valence-electron chi connectivity index (χ1n) is 8.57. The van der Waals surface area contributed by atoms with Crippen LogP contribution in [0.2, 0.25) is 0 Å². The summed E-state index contributed by atoms with van der Waals surface area (Å²) in [5.74, 6) is -0.759. The highest BCUT2D eigenvalue weighted by atomic mass is 16.5. The lowest BCUT2D eigenvalue weighted by molar-refractivity contribution is -0.156. The molecular weight excluding hydrogens is 268 g/mol. The van der Waals surface area contributed by atoms with Crippen LogP contribution in [0.4, 0.5) is 0 Å². The summed E-state index contributed by atoms with van der Waals surface area (Å²) in [6.07, 6.45) is 11.7. The van der Waals surface area contributed by atoms with Gasteiger partial charge in [0.15, 0.2) is 6.10 Å². The number of unbranched alkanes of at least 4 members (excludes halogenated alkanes) is 10. The summed E-state index contributed by atoms with van der Waals surface area (Å²) in [5, 5.41) is 19.0. The minimum atomic E-state index is -1.40. The number of hydrogen-bond acceptors (Lipinski definition) is 4. The van der Waals surface area contributed by atoms with E-state index in [2.05, 4.69) is 11.7 Å². The molecule has 126 valence electrons. The van der Waals surface area contributed by atoms with E-state index >= 15 is 0 Å². The number of aliphatic hydroxyl groups excluding tert-OH is 2. The molecule has 0 unspecified atom stereocenters. The van der Waals surface area contributed by atoms with Gasteiger partial charge in [-0.2, -0.15) is 0 Å². The normalized spacial score (nSPS) is 13.9. The second-order valence-electron chi connectivity index (χ2n) is 5.86. The SMILES string of the molecule is CCCCCCCCCCCCC[C@@H](O)[C@H](O)C(=O)OC. The fourth-order valence-electron chi connectivity index (χ4n) is 2.45. The minimum absolute atomic E-state index is 0.452. The highest BCUT2D eigenvalue weighted by Gasteiger charge is 2.24. The Hall–Kier alpha value is -0.610. The molecular formula is C17H34O4. The van der Waals surface area contributed by atoms with Crippen LogP contribution in [-0.4, -0.2) is 35.5 Å². The fourth-order valence-corrected chi connectivity index (χ4v) is 2.45. The molecule has 4 heteroatoms. The van der Waals surface area contributed by atoms with Crippen molar-refractivity contribution in [1.82, 2.24) is 0 Å². The number of methoxy groups -OCH3 is 1. The molecule has 2 atom stereocenters. The maximum Gasteiger partial charge on any atom is 0.337 e. The molecule has 0 amide bonds. The van der Waals surface area contributed by atoms with Crippen LogP contribution >= 0.6 is 0 Å². The highest BCUT2D eigenvalue weighted by Crippen LogP contribution is 2.13. The average Bonchev–Trinajstić information content (AvgIpc) is 2.50. The summed E-state index contributed by atoms with van der Waals surface area (Å²) in [5.41, 5.74) is 0. The smallest absolute Gasteiger partial charge is 0.337 e. The van der Waals surface area contributed by atoms with Gasteiger partial charge in [0.25, 0.3) is 0 Å². The number of ether oxygens (including phenoxy) is 1. The monoisotopic (exact) mass is 302 g/mol. The molecule has 0 spiro atoms. The Balaban J connectivity index is 3.30. The van der Waals surface area contributed by atoms with Gasteiger partial charge in [0, 0.05) is 0 Å². The third-order valence-corrected chi connectivity index (χ3v) is 3.91. The Bertz CT molecular complexity index is 243. The molecule has 0 aliphatic carbocycles. The van der Waals surface area contributed by atoms with Crippen molar-refractivity contribution in [1.29, 1.82) is 0 Å². The van der Waals surface area contributed by atoms with E-state index in [9.17, 15) is 15.0 Å². The first kappa shape index (κ1) is 20.4. The fraction of sp³-hybridized carbons (Fsp3) is 0.941. The summed E-state index contributed by atoms with van der Waals surface area (Å²) >= 11 is 0. The van der Waals surface area contributed by atoms with Gasteiger partial charge in [-0.25, -0.2) is 4.79 Å². The Morgan fingerprint density at radius 1 is 0.857 bits per heavy atom. The summed E-state index contributed by atoms with van der Waals surface area (Å²) in [6, 6.07) is 0. The maximum absolute atomic E-state index is 11.0. The van der Waals surface area contributed by atoms with E-state index in [1.165, 1.54) is 58.5 Å². The molecule has 0 heterocycles.